The lowest BCUT2D eigenvalue weighted by Gasteiger charge is -2.25. The predicted molar refractivity (Wildman–Crippen MR) is 109 cm³/mol. The Bertz CT molecular complexity index is 844. The smallest absolute Gasteiger partial charge is 0.269 e. The van der Waals surface area contributed by atoms with Gasteiger partial charge in [0, 0.05) is 16.8 Å². The molecular formula is C20H23N3O4S. The monoisotopic (exact) mass is 401 g/mol. The number of amides is 2. The average molecular weight is 401 g/mol. The molecule has 0 saturated carbocycles. The van der Waals surface area contributed by atoms with Gasteiger partial charge in [-0.05, 0) is 50.2 Å². The van der Waals surface area contributed by atoms with E-state index in [-0.39, 0.29) is 11.8 Å². The van der Waals surface area contributed by atoms with Crippen molar-refractivity contribution in [3.63, 3.8) is 0 Å². The Morgan fingerprint density at radius 3 is 2.39 bits per heavy atom. The fraction of sp³-hybridized carbons (Fsp3) is 0.400. The third-order valence-electron chi connectivity index (χ3n) is 4.75. The summed E-state index contributed by atoms with van der Waals surface area (Å²) in [5.74, 6) is 0.878. The fourth-order valence-corrected chi connectivity index (χ4v) is 4.19. The Morgan fingerprint density at radius 1 is 0.964 bits per heavy atom. The number of ether oxygens (including phenoxy) is 2. The number of fused-ring (bicyclic) bond motifs is 1. The summed E-state index contributed by atoms with van der Waals surface area (Å²) < 4.78 is 11.0. The molecule has 1 fully saturated rings. The van der Waals surface area contributed by atoms with Gasteiger partial charge in [-0.1, -0.05) is 6.42 Å². The molecule has 0 atom stereocenters. The van der Waals surface area contributed by atoms with Gasteiger partial charge >= 0.3 is 0 Å². The molecule has 1 saturated heterocycles. The van der Waals surface area contributed by atoms with Crippen LogP contribution in [0, 0.1) is 0 Å². The summed E-state index contributed by atoms with van der Waals surface area (Å²) >= 11 is 1.30. The van der Waals surface area contributed by atoms with E-state index in [0.29, 0.717) is 47.5 Å². The molecule has 0 bridgehead atoms. The van der Waals surface area contributed by atoms with Gasteiger partial charge in [-0.15, -0.1) is 11.3 Å². The number of carbonyl (C=O) groups excluding carboxylic acids is 2. The second-order valence-corrected chi connectivity index (χ2v) is 7.75. The van der Waals surface area contributed by atoms with Crippen molar-refractivity contribution < 1.29 is 19.1 Å². The molecule has 2 aliphatic heterocycles. The van der Waals surface area contributed by atoms with E-state index < -0.39 is 0 Å². The highest BCUT2D eigenvalue weighted by molar-refractivity contribution is 7.13. The lowest BCUT2D eigenvalue weighted by atomic mass is 10.1. The molecule has 1 aromatic carbocycles. The molecule has 2 amide bonds. The quantitative estimate of drug-likeness (QED) is 0.804. The third kappa shape index (κ3) is 4.45. The van der Waals surface area contributed by atoms with Crippen LogP contribution in [-0.2, 0) is 4.79 Å². The van der Waals surface area contributed by atoms with Crippen molar-refractivity contribution in [3.05, 3.63) is 34.5 Å². The van der Waals surface area contributed by atoms with Crippen LogP contribution in [-0.4, -0.2) is 49.6 Å². The minimum atomic E-state index is -0.237. The van der Waals surface area contributed by atoms with Crippen LogP contribution in [0.15, 0.2) is 29.6 Å². The van der Waals surface area contributed by atoms with Gasteiger partial charge in [-0.3, -0.25) is 14.5 Å². The number of benzene rings is 1. The first kappa shape index (κ1) is 18.8. The largest absolute Gasteiger partial charge is 0.485 e. The molecule has 2 aromatic rings. The van der Waals surface area contributed by atoms with Crippen LogP contribution in [0.25, 0.3) is 0 Å². The maximum absolute atomic E-state index is 12.5. The Morgan fingerprint density at radius 2 is 1.64 bits per heavy atom. The summed E-state index contributed by atoms with van der Waals surface area (Å²) in [6.45, 7) is 3.33. The van der Waals surface area contributed by atoms with Crippen molar-refractivity contribution in [3.8, 4) is 11.5 Å². The standard InChI is InChI=1S/C20H23N3O4S/c24-17(12-23-8-2-1-3-9-23)21-14-4-6-15(7-5-14)22-20(25)19-18-16(13-28-19)26-10-11-27-18/h4-7,13H,1-3,8-12H2,(H,21,24)(H,22,25). The number of hydrogen-bond donors (Lipinski definition) is 2. The zero-order chi connectivity index (χ0) is 19.3. The maximum atomic E-state index is 12.5. The number of nitrogens with zero attached hydrogens (tertiary/aromatic N) is 1. The van der Waals surface area contributed by atoms with Gasteiger partial charge in [-0.2, -0.15) is 0 Å². The number of thiophene rings is 1. The summed E-state index contributed by atoms with van der Waals surface area (Å²) in [5.41, 5.74) is 1.36. The van der Waals surface area contributed by atoms with Gasteiger partial charge < -0.3 is 20.1 Å². The van der Waals surface area contributed by atoms with Crippen LogP contribution < -0.4 is 20.1 Å². The van der Waals surface area contributed by atoms with E-state index in [1.54, 1.807) is 29.6 Å². The number of anilines is 2. The van der Waals surface area contributed by atoms with E-state index in [1.807, 2.05) is 0 Å². The predicted octanol–water partition coefficient (Wildman–Crippen LogP) is 3.20. The zero-order valence-electron chi connectivity index (χ0n) is 15.5. The van der Waals surface area contributed by atoms with E-state index in [9.17, 15) is 9.59 Å². The van der Waals surface area contributed by atoms with Crippen LogP contribution in [0.3, 0.4) is 0 Å². The summed E-state index contributed by atoms with van der Waals surface area (Å²) in [6, 6.07) is 7.11. The second kappa shape index (κ2) is 8.62. The van der Waals surface area contributed by atoms with E-state index >= 15 is 0 Å². The normalized spacial score (nSPS) is 16.4. The SMILES string of the molecule is O=C(CN1CCCCC1)Nc1ccc(NC(=O)c2scc3c2OCCO3)cc1. The number of nitrogens with one attached hydrogen (secondary N) is 2. The zero-order valence-corrected chi connectivity index (χ0v) is 16.3. The number of likely N-dealkylation sites (tertiary alicyclic amines) is 1. The molecule has 0 unspecified atom stereocenters. The first-order valence-electron chi connectivity index (χ1n) is 9.50. The number of piperidine rings is 1. The van der Waals surface area contributed by atoms with Crippen molar-refractivity contribution >= 4 is 34.5 Å². The van der Waals surface area contributed by atoms with Crippen LogP contribution in [0.5, 0.6) is 11.5 Å². The third-order valence-corrected chi connectivity index (χ3v) is 5.69. The summed E-state index contributed by atoms with van der Waals surface area (Å²) in [7, 11) is 0. The summed E-state index contributed by atoms with van der Waals surface area (Å²) in [6.07, 6.45) is 3.57. The minimum Gasteiger partial charge on any atom is -0.485 e. The van der Waals surface area contributed by atoms with Crippen molar-refractivity contribution in [2.45, 2.75) is 19.3 Å². The molecule has 2 aliphatic rings. The van der Waals surface area contributed by atoms with Crippen molar-refractivity contribution in [1.82, 2.24) is 4.90 Å². The van der Waals surface area contributed by atoms with E-state index in [4.69, 9.17) is 9.47 Å². The van der Waals surface area contributed by atoms with Gasteiger partial charge in [0.25, 0.3) is 5.91 Å². The fourth-order valence-electron chi connectivity index (χ4n) is 3.37. The highest BCUT2D eigenvalue weighted by Crippen LogP contribution is 2.39. The number of carbonyl (C=O) groups is 2. The first-order chi connectivity index (χ1) is 13.7. The average Bonchev–Trinajstić information content (AvgIpc) is 3.14. The first-order valence-corrected chi connectivity index (χ1v) is 10.4. The number of hydrogen-bond acceptors (Lipinski definition) is 6. The Hall–Kier alpha value is -2.58. The van der Waals surface area contributed by atoms with Crippen LogP contribution >= 0.6 is 11.3 Å². The molecule has 0 spiro atoms. The van der Waals surface area contributed by atoms with Gasteiger partial charge in [0.05, 0.1) is 6.54 Å². The van der Waals surface area contributed by atoms with Crippen molar-refractivity contribution in [2.24, 2.45) is 0 Å². The van der Waals surface area contributed by atoms with Crippen LogP contribution in [0.2, 0.25) is 0 Å². The molecule has 7 nitrogen and oxygen atoms in total. The molecule has 0 radical (unpaired) electrons. The second-order valence-electron chi connectivity index (χ2n) is 6.87. The van der Waals surface area contributed by atoms with Gasteiger partial charge in [0.15, 0.2) is 11.5 Å². The summed E-state index contributed by atoms with van der Waals surface area (Å²) in [5, 5.41) is 7.55. The Labute approximate surface area is 167 Å². The van der Waals surface area contributed by atoms with Crippen LogP contribution in [0.4, 0.5) is 11.4 Å². The van der Waals surface area contributed by atoms with Gasteiger partial charge in [0.1, 0.15) is 18.1 Å². The molecule has 28 heavy (non-hydrogen) atoms. The topological polar surface area (TPSA) is 79.9 Å². The van der Waals surface area contributed by atoms with Crippen molar-refractivity contribution in [2.75, 3.05) is 43.5 Å². The number of rotatable bonds is 5. The highest BCUT2D eigenvalue weighted by atomic mass is 32.1. The molecule has 4 rings (SSSR count). The lowest BCUT2D eigenvalue weighted by Crippen LogP contribution is -2.36. The summed E-state index contributed by atoms with van der Waals surface area (Å²) in [4.78, 5) is 27.4. The lowest BCUT2D eigenvalue weighted by molar-refractivity contribution is -0.117. The molecular weight excluding hydrogens is 378 g/mol. The molecule has 148 valence electrons. The van der Waals surface area contributed by atoms with E-state index in [2.05, 4.69) is 15.5 Å². The van der Waals surface area contributed by atoms with Gasteiger partial charge in [0.2, 0.25) is 5.91 Å². The molecule has 2 N–H and O–H groups in total. The molecule has 1 aromatic heterocycles. The molecule has 3 heterocycles. The minimum absolute atomic E-state index is 0.0129. The van der Waals surface area contributed by atoms with E-state index in [0.717, 1.165) is 25.9 Å². The highest BCUT2D eigenvalue weighted by Gasteiger charge is 2.23. The maximum Gasteiger partial charge on any atom is 0.269 e. The molecule has 0 aliphatic carbocycles. The van der Waals surface area contributed by atoms with Crippen molar-refractivity contribution in [1.29, 1.82) is 0 Å². The Kier molecular flexibility index (Phi) is 5.78. The Balaban J connectivity index is 1.32. The van der Waals surface area contributed by atoms with E-state index in [1.165, 1.54) is 17.8 Å². The molecule has 8 heteroatoms. The van der Waals surface area contributed by atoms with Crippen LogP contribution in [0.1, 0.15) is 28.9 Å². The van der Waals surface area contributed by atoms with Gasteiger partial charge in [-0.25, -0.2) is 0 Å².